The van der Waals surface area contributed by atoms with Gasteiger partial charge in [0.15, 0.2) is 0 Å². The summed E-state index contributed by atoms with van der Waals surface area (Å²) in [6, 6.07) is 3.48. The smallest absolute Gasteiger partial charge is 0.415 e. The number of benzene rings is 1. The van der Waals surface area contributed by atoms with Crippen LogP contribution in [0.5, 0.6) is 6.01 Å². The van der Waals surface area contributed by atoms with Gasteiger partial charge in [-0.25, -0.2) is 13.8 Å². The van der Waals surface area contributed by atoms with E-state index in [-0.39, 0.29) is 23.3 Å². The molecule has 0 spiro atoms. The number of imidazole rings is 1. The number of nitro groups is 1. The summed E-state index contributed by atoms with van der Waals surface area (Å²) in [5.74, 6) is -0.877. The second kappa shape index (κ2) is 6.08. The molecule has 0 amide bonds. The monoisotopic (exact) mass is 403 g/mol. The molecule has 0 aliphatic carbocycles. The van der Waals surface area contributed by atoms with Gasteiger partial charge in [0.2, 0.25) is 5.89 Å². The highest BCUT2D eigenvalue weighted by Gasteiger charge is 2.42. The molecule has 1 atom stereocenters. The van der Waals surface area contributed by atoms with E-state index >= 15 is 0 Å². The summed E-state index contributed by atoms with van der Waals surface area (Å²) in [5.41, 5.74) is 0.205. The summed E-state index contributed by atoms with van der Waals surface area (Å²) >= 11 is 0. The molecule has 150 valence electrons. The van der Waals surface area contributed by atoms with Crippen molar-refractivity contribution in [2.75, 3.05) is 6.54 Å². The highest BCUT2D eigenvalue weighted by atomic mass is 19.1. The van der Waals surface area contributed by atoms with Crippen molar-refractivity contribution in [3.05, 3.63) is 57.6 Å². The predicted molar refractivity (Wildman–Crippen MR) is 93.9 cm³/mol. The second-order valence-electron chi connectivity index (χ2n) is 7.48. The minimum Gasteiger partial charge on any atom is -0.439 e. The van der Waals surface area contributed by atoms with Crippen LogP contribution in [0.1, 0.15) is 18.4 Å². The zero-order valence-electron chi connectivity index (χ0n) is 15.3. The molecule has 1 aromatic carbocycles. The predicted octanol–water partition coefficient (Wildman–Crippen LogP) is 2.89. The van der Waals surface area contributed by atoms with Crippen molar-refractivity contribution in [2.24, 2.45) is 0 Å². The van der Waals surface area contributed by atoms with E-state index in [0.717, 1.165) is 12.1 Å². The van der Waals surface area contributed by atoms with Crippen LogP contribution >= 0.6 is 0 Å². The Bertz CT molecular complexity index is 1090. The number of ether oxygens (including phenoxy) is 1. The van der Waals surface area contributed by atoms with E-state index < -0.39 is 22.2 Å². The Balaban J connectivity index is 1.27. The maximum Gasteiger partial charge on any atom is 0.415 e. The van der Waals surface area contributed by atoms with Gasteiger partial charge in [-0.3, -0.25) is 9.47 Å². The molecule has 2 aliphatic heterocycles. The zero-order valence-corrected chi connectivity index (χ0v) is 15.3. The molecule has 2 aromatic heterocycles. The van der Waals surface area contributed by atoms with E-state index in [1.165, 1.54) is 12.3 Å². The number of hydrogen-bond acceptors (Lipinski definition) is 7. The first-order chi connectivity index (χ1) is 13.8. The number of rotatable bonds is 4. The van der Waals surface area contributed by atoms with Crippen molar-refractivity contribution in [3.8, 4) is 17.5 Å². The zero-order chi connectivity index (χ0) is 20.3. The van der Waals surface area contributed by atoms with Crippen molar-refractivity contribution in [1.82, 2.24) is 19.4 Å². The summed E-state index contributed by atoms with van der Waals surface area (Å²) in [6.07, 6.45) is 1.36. The molecule has 0 saturated carbocycles. The van der Waals surface area contributed by atoms with Crippen LogP contribution in [-0.2, 0) is 19.6 Å². The van der Waals surface area contributed by atoms with Crippen LogP contribution in [-0.4, -0.2) is 36.5 Å². The van der Waals surface area contributed by atoms with Gasteiger partial charge in [0, 0.05) is 24.1 Å². The largest absolute Gasteiger partial charge is 0.439 e. The lowest BCUT2D eigenvalue weighted by Gasteiger charge is -2.27. The number of fused-ring (bicyclic) bond motifs is 2. The molecule has 0 N–H and O–H groups in total. The van der Waals surface area contributed by atoms with Gasteiger partial charge < -0.3 is 19.3 Å². The first-order valence-electron chi connectivity index (χ1n) is 8.87. The Morgan fingerprint density at radius 3 is 2.83 bits per heavy atom. The Morgan fingerprint density at radius 1 is 1.31 bits per heavy atom. The molecule has 4 heterocycles. The van der Waals surface area contributed by atoms with Crippen LogP contribution in [0.3, 0.4) is 0 Å². The molecule has 0 radical (unpaired) electrons. The van der Waals surface area contributed by atoms with E-state index in [0.29, 0.717) is 37.6 Å². The summed E-state index contributed by atoms with van der Waals surface area (Å²) in [5, 5.41) is 10.8. The summed E-state index contributed by atoms with van der Waals surface area (Å²) in [7, 11) is 0. The third-order valence-electron chi connectivity index (χ3n) is 5.00. The third kappa shape index (κ3) is 3.03. The Kier molecular flexibility index (Phi) is 3.72. The van der Waals surface area contributed by atoms with Gasteiger partial charge in [-0.2, -0.15) is 0 Å². The average Bonchev–Trinajstić information content (AvgIpc) is 3.33. The van der Waals surface area contributed by atoms with Gasteiger partial charge >= 0.3 is 11.8 Å². The highest BCUT2D eigenvalue weighted by molar-refractivity contribution is 5.54. The van der Waals surface area contributed by atoms with E-state index in [1.54, 1.807) is 4.57 Å². The molecule has 29 heavy (non-hydrogen) atoms. The molecule has 11 heteroatoms. The molecule has 0 bridgehead atoms. The standard InChI is InChI=1S/C18H15F2N5O4/c1-18(9-24-7-15(25(26)27)22-17(24)29-18)8-23-5-13-14(6-23)28-16(21-13)11-3-2-10(19)4-12(11)20/h2-4,7H,5-6,8-9H2,1H3. The lowest BCUT2D eigenvalue weighted by Crippen LogP contribution is -2.43. The van der Waals surface area contributed by atoms with Crippen LogP contribution in [0.15, 0.2) is 28.8 Å². The average molecular weight is 403 g/mol. The number of hydrogen-bond donors (Lipinski definition) is 0. The summed E-state index contributed by atoms with van der Waals surface area (Å²) in [6.45, 7) is 3.81. The topological polar surface area (TPSA) is 99.5 Å². The fourth-order valence-corrected chi connectivity index (χ4v) is 3.83. The van der Waals surface area contributed by atoms with Crippen LogP contribution in [0.4, 0.5) is 14.6 Å². The Labute approximate surface area is 162 Å². The molecule has 3 aromatic rings. The summed E-state index contributed by atoms with van der Waals surface area (Å²) < 4.78 is 40.2. The maximum atomic E-state index is 14.0. The van der Waals surface area contributed by atoms with Crippen molar-refractivity contribution in [1.29, 1.82) is 0 Å². The quantitative estimate of drug-likeness (QED) is 0.488. The lowest BCUT2D eigenvalue weighted by molar-refractivity contribution is -0.389. The van der Waals surface area contributed by atoms with E-state index in [9.17, 15) is 18.9 Å². The van der Waals surface area contributed by atoms with Crippen LogP contribution in [0, 0.1) is 21.7 Å². The molecular formula is C18H15F2N5O4. The molecule has 0 fully saturated rings. The van der Waals surface area contributed by atoms with Gasteiger partial charge in [0.25, 0.3) is 0 Å². The number of aromatic nitrogens is 3. The molecule has 0 saturated heterocycles. The van der Waals surface area contributed by atoms with Crippen LogP contribution in [0.2, 0.25) is 0 Å². The highest BCUT2D eigenvalue weighted by Crippen LogP contribution is 2.35. The Hall–Kier alpha value is -3.34. The van der Waals surface area contributed by atoms with E-state index in [2.05, 4.69) is 14.9 Å². The number of nitrogens with zero attached hydrogens (tertiary/aromatic N) is 5. The van der Waals surface area contributed by atoms with Gasteiger partial charge in [0.05, 0.1) is 24.3 Å². The van der Waals surface area contributed by atoms with Crippen molar-refractivity contribution < 1.29 is 22.9 Å². The number of oxazole rings is 1. The fraction of sp³-hybridized carbons (Fsp3) is 0.333. The second-order valence-corrected chi connectivity index (χ2v) is 7.48. The third-order valence-corrected chi connectivity index (χ3v) is 5.00. The van der Waals surface area contributed by atoms with Gasteiger partial charge in [-0.15, -0.1) is 0 Å². The molecule has 9 nitrogen and oxygen atoms in total. The molecule has 1 unspecified atom stereocenters. The first kappa shape index (κ1) is 17.7. The maximum absolute atomic E-state index is 14.0. The lowest BCUT2D eigenvalue weighted by atomic mass is 10.1. The molecule has 5 rings (SSSR count). The van der Waals surface area contributed by atoms with E-state index in [1.807, 2.05) is 6.92 Å². The number of halogens is 2. The van der Waals surface area contributed by atoms with Crippen LogP contribution < -0.4 is 4.74 Å². The summed E-state index contributed by atoms with van der Waals surface area (Å²) in [4.78, 5) is 20.6. The minimum atomic E-state index is -0.725. The Morgan fingerprint density at radius 2 is 2.14 bits per heavy atom. The molecule has 2 aliphatic rings. The SMILES string of the molecule is CC1(CN2Cc3nc(-c4ccc(F)cc4F)oc3C2)Cn2cc([N+](=O)[O-])nc2O1. The van der Waals surface area contributed by atoms with Crippen LogP contribution in [0.25, 0.3) is 11.5 Å². The fourth-order valence-electron chi connectivity index (χ4n) is 3.83. The first-order valence-corrected chi connectivity index (χ1v) is 8.87. The molecular weight excluding hydrogens is 388 g/mol. The van der Waals surface area contributed by atoms with E-state index in [4.69, 9.17) is 9.15 Å². The minimum absolute atomic E-state index is 0.116. The van der Waals surface area contributed by atoms with Crippen molar-refractivity contribution >= 4 is 5.82 Å². The van der Waals surface area contributed by atoms with Gasteiger partial charge in [-0.1, -0.05) is 0 Å². The van der Waals surface area contributed by atoms with Gasteiger partial charge in [-0.05, 0) is 24.0 Å². The van der Waals surface area contributed by atoms with Crippen molar-refractivity contribution in [3.63, 3.8) is 0 Å². The van der Waals surface area contributed by atoms with Crippen molar-refractivity contribution in [2.45, 2.75) is 32.2 Å². The van der Waals surface area contributed by atoms with Gasteiger partial charge in [0.1, 0.15) is 29.2 Å². The normalized spacial score (nSPS) is 20.5.